The fourth-order valence-corrected chi connectivity index (χ4v) is 3.63. The average molecular weight is 526 g/mol. The summed E-state index contributed by atoms with van der Waals surface area (Å²) in [5, 5.41) is 14.9. The molecule has 0 spiro atoms. The van der Waals surface area contributed by atoms with Crippen molar-refractivity contribution in [2.75, 3.05) is 25.7 Å². The summed E-state index contributed by atoms with van der Waals surface area (Å²) in [5.74, 6) is 1.91. The zero-order valence-electron chi connectivity index (χ0n) is 18.6. The standard InChI is InChI=1S/C25H24BrN3O5/c1-3-6-19-7-4-5-8-23(19)33-13-14-34-25-22(26)15-18(16-24(25)32-2)17-27-28-20-9-11-21(12-10-20)29(30)31/h3-5,7-12,15-17,28H,1,6,13-14H2,2H3. The normalized spacial score (nSPS) is 10.6. The highest BCUT2D eigenvalue weighted by molar-refractivity contribution is 9.10. The van der Waals surface area contributed by atoms with Gasteiger partial charge in [-0.15, -0.1) is 6.58 Å². The highest BCUT2D eigenvalue weighted by Gasteiger charge is 2.12. The van der Waals surface area contributed by atoms with Crippen LogP contribution in [0.4, 0.5) is 11.4 Å². The van der Waals surface area contributed by atoms with Crippen LogP contribution in [0.15, 0.2) is 82.9 Å². The van der Waals surface area contributed by atoms with Crippen LogP contribution in [0.2, 0.25) is 0 Å². The van der Waals surface area contributed by atoms with Crippen molar-refractivity contribution in [3.05, 3.63) is 99.0 Å². The molecule has 34 heavy (non-hydrogen) atoms. The Labute approximate surface area is 206 Å². The Morgan fingerprint density at radius 1 is 1.09 bits per heavy atom. The first kappa shape index (κ1) is 24.8. The second-order valence-electron chi connectivity index (χ2n) is 7.01. The first-order valence-electron chi connectivity index (χ1n) is 10.4. The van der Waals surface area contributed by atoms with Crippen LogP contribution in [0.5, 0.6) is 17.2 Å². The molecule has 0 aliphatic carbocycles. The molecule has 3 rings (SSSR count). The minimum absolute atomic E-state index is 0.0187. The van der Waals surface area contributed by atoms with E-state index in [1.54, 1.807) is 31.5 Å². The fraction of sp³-hybridized carbons (Fsp3) is 0.160. The number of allylic oxidation sites excluding steroid dienone is 1. The quantitative estimate of drug-likeness (QED) is 0.102. The van der Waals surface area contributed by atoms with Gasteiger partial charge in [-0.05, 0) is 63.8 Å². The summed E-state index contributed by atoms with van der Waals surface area (Å²) in [6.45, 7) is 4.47. The van der Waals surface area contributed by atoms with Gasteiger partial charge in [0.2, 0.25) is 0 Å². The smallest absolute Gasteiger partial charge is 0.269 e. The van der Waals surface area contributed by atoms with E-state index in [1.807, 2.05) is 36.4 Å². The van der Waals surface area contributed by atoms with Gasteiger partial charge in [-0.3, -0.25) is 15.5 Å². The molecule has 0 atom stereocenters. The van der Waals surface area contributed by atoms with E-state index in [0.29, 0.717) is 34.9 Å². The van der Waals surface area contributed by atoms with Gasteiger partial charge in [0.15, 0.2) is 11.5 Å². The molecule has 0 unspecified atom stereocenters. The average Bonchev–Trinajstić information content (AvgIpc) is 2.84. The number of benzene rings is 3. The molecule has 1 N–H and O–H groups in total. The second-order valence-corrected chi connectivity index (χ2v) is 7.86. The molecule has 0 saturated heterocycles. The van der Waals surface area contributed by atoms with Crippen molar-refractivity contribution in [2.45, 2.75) is 6.42 Å². The van der Waals surface area contributed by atoms with E-state index in [2.05, 4.69) is 33.0 Å². The van der Waals surface area contributed by atoms with E-state index in [9.17, 15) is 10.1 Å². The van der Waals surface area contributed by atoms with Gasteiger partial charge >= 0.3 is 0 Å². The topological polar surface area (TPSA) is 95.2 Å². The number of ether oxygens (including phenoxy) is 3. The van der Waals surface area contributed by atoms with E-state index >= 15 is 0 Å². The van der Waals surface area contributed by atoms with E-state index in [-0.39, 0.29) is 5.69 Å². The van der Waals surface area contributed by atoms with Crippen molar-refractivity contribution in [3.8, 4) is 17.2 Å². The number of nitrogens with zero attached hydrogens (tertiary/aromatic N) is 2. The van der Waals surface area contributed by atoms with Crippen LogP contribution < -0.4 is 19.6 Å². The van der Waals surface area contributed by atoms with Crippen molar-refractivity contribution >= 4 is 33.5 Å². The van der Waals surface area contributed by atoms with Gasteiger partial charge in [0, 0.05) is 12.1 Å². The summed E-state index contributed by atoms with van der Waals surface area (Å²) in [7, 11) is 1.56. The van der Waals surface area contributed by atoms with Crippen LogP contribution in [-0.2, 0) is 6.42 Å². The lowest BCUT2D eigenvalue weighted by Crippen LogP contribution is -2.11. The number of halogens is 1. The molecule has 0 aliphatic heterocycles. The van der Waals surface area contributed by atoms with Crippen LogP contribution in [-0.4, -0.2) is 31.5 Å². The summed E-state index contributed by atoms with van der Waals surface area (Å²) in [6, 6.07) is 17.5. The summed E-state index contributed by atoms with van der Waals surface area (Å²) >= 11 is 3.52. The van der Waals surface area contributed by atoms with Crippen LogP contribution in [0.3, 0.4) is 0 Å². The largest absolute Gasteiger partial charge is 0.493 e. The van der Waals surface area contributed by atoms with Crippen LogP contribution in [0.1, 0.15) is 11.1 Å². The number of hydrogen-bond donors (Lipinski definition) is 1. The summed E-state index contributed by atoms with van der Waals surface area (Å²) < 4.78 is 18.0. The first-order chi connectivity index (χ1) is 16.5. The molecule has 0 heterocycles. The predicted octanol–water partition coefficient (Wildman–Crippen LogP) is 6.00. The van der Waals surface area contributed by atoms with Crippen LogP contribution >= 0.6 is 15.9 Å². The molecule has 0 amide bonds. The van der Waals surface area contributed by atoms with Gasteiger partial charge in [0.1, 0.15) is 19.0 Å². The number of anilines is 1. The molecule has 3 aromatic rings. The lowest BCUT2D eigenvalue weighted by atomic mass is 10.1. The summed E-state index contributed by atoms with van der Waals surface area (Å²) in [5.41, 5.74) is 5.32. The number of hydrogen-bond acceptors (Lipinski definition) is 7. The molecule has 0 aromatic heterocycles. The zero-order valence-corrected chi connectivity index (χ0v) is 20.2. The van der Waals surface area contributed by atoms with Gasteiger partial charge < -0.3 is 14.2 Å². The Morgan fingerprint density at radius 2 is 1.82 bits per heavy atom. The van der Waals surface area contributed by atoms with Gasteiger partial charge in [-0.25, -0.2) is 0 Å². The molecule has 9 heteroatoms. The van der Waals surface area contributed by atoms with Crippen LogP contribution in [0.25, 0.3) is 0 Å². The Kier molecular flexibility index (Phi) is 9.04. The third-order valence-electron chi connectivity index (χ3n) is 4.66. The molecule has 0 saturated carbocycles. The number of para-hydroxylation sites is 1. The number of rotatable bonds is 12. The molecule has 0 fully saturated rings. The van der Waals surface area contributed by atoms with E-state index in [4.69, 9.17) is 14.2 Å². The first-order valence-corrected chi connectivity index (χ1v) is 11.2. The zero-order chi connectivity index (χ0) is 24.3. The Hall–Kier alpha value is -3.85. The summed E-state index contributed by atoms with van der Waals surface area (Å²) in [4.78, 5) is 10.3. The van der Waals surface area contributed by atoms with Crippen molar-refractivity contribution in [1.29, 1.82) is 0 Å². The molecule has 0 radical (unpaired) electrons. The van der Waals surface area contributed by atoms with E-state index < -0.39 is 4.92 Å². The maximum Gasteiger partial charge on any atom is 0.269 e. The minimum atomic E-state index is -0.450. The SMILES string of the molecule is C=CCc1ccccc1OCCOc1c(Br)cc(C=NNc2ccc([N+](=O)[O-])cc2)cc1OC. The summed E-state index contributed by atoms with van der Waals surface area (Å²) in [6.07, 6.45) is 4.18. The molecule has 8 nitrogen and oxygen atoms in total. The van der Waals surface area contributed by atoms with Crippen molar-refractivity contribution in [1.82, 2.24) is 0 Å². The number of hydrazone groups is 1. The Bertz CT molecular complexity index is 1170. The number of nitrogens with one attached hydrogen (secondary N) is 1. The van der Waals surface area contributed by atoms with Gasteiger partial charge in [-0.1, -0.05) is 24.3 Å². The molecular weight excluding hydrogens is 502 g/mol. The van der Waals surface area contributed by atoms with Gasteiger partial charge in [0.05, 0.1) is 28.4 Å². The second kappa shape index (κ2) is 12.4. The number of nitro groups is 1. The molecular formula is C25H24BrN3O5. The van der Waals surface area contributed by atoms with Gasteiger partial charge in [-0.2, -0.15) is 5.10 Å². The van der Waals surface area contributed by atoms with Crippen LogP contribution in [0, 0.1) is 10.1 Å². The van der Waals surface area contributed by atoms with E-state index in [1.165, 1.54) is 12.1 Å². The third kappa shape index (κ3) is 6.82. The highest BCUT2D eigenvalue weighted by Crippen LogP contribution is 2.36. The number of methoxy groups -OCH3 is 1. The number of non-ortho nitro benzene ring substituents is 1. The van der Waals surface area contributed by atoms with Crippen molar-refractivity contribution in [3.63, 3.8) is 0 Å². The maximum atomic E-state index is 10.7. The maximum absolute atomic E-state index is 10.7. The molecule has 0 aliphatic rings. The molecule has 3 aromatic carbocycles. The number of nitro benzene ring substituents is 1. The van der Waals surface area contributed by atoms with E-state index in [0.717, 1.165) is 23.3 Å². The fourth-order valence-electron chi connectivity index (χ4n) is 3.06. The van der Waals surface area contributed by atoms with Crippen molar-refractivity contribution < 1.29 is 19.1 Å². The Balaban J connectivity index is 1.59. The monoisotopic (exact) mass is 525 g/mol. The molecule has 0 bridgehead atoms. The molecule has 176 valence electrons. The predicted molar refractivity (Wildman–Crippen MR) is 136 cm³/mol. The lowest BCUT2D eigenvalue weighted by molar-refractivity contribution is -0.384. The minimum Gasteiger partial charge on any atom is -0.493 e. The Morgan fingerprint density at radius 3 is 2.53 bits per heavy atom. The highest BCUT2D eigenvalue weighted by atomic mass is 79.9. The van der Waals surface area contributed by atoms with Gasteiger partial charge in [0.25, 0.3) is 5.69 Å². The lowest BCUT2D eigenvalue weighted by Gasteiger charge is -2.15. The van der Waals surface area contributed by atoms with Crippen molar-refractivity contribution in [2.24, 2.45) is 5.10 Å². The third-order valence-corrected chi connectivity index (χ3v) is 5.25.